The highest BCUT2D eigenvalue weighted by molar-refractivity contribution is 5.52. The minimum Gasteiger partial charge on any atom is -0.496 e. The zero-order valence-corrected chi connectivity index (χ0v) is 16.6. The van der Waals surface area contributed by atoms with Crippen LogP contribution in [0.25, 0.3) is 5.69 Å². The van der Waals surface area contributed by atoms with Gasteiger partial charge in [-0.3, -0.25) is 0 Å². The molecule has 29 heavy (non-hydrogen) atoms. The Labute approximate surface area is 170 Å². The summed E-state index contributed by atoms with van der Waals surface area (Å²) in [6.07, 6.45) is 4.11. The Balaban J connectivity index is 1.39. The Morgan fingerprint density at radius 1 is 1.21 bits per heavy atom. The van der Waals surface area contributed by atoms with Gasteiger partial charge in [-0.2, -0.15) is 4.68 Å². The SMILES string of the molecule is COc1cc2c(cc1CNC1CCCNC1c1ccccc1)-n1nnnc1CC2. The monoisotopic (exact) mass is 390 g/mol. The zero-order chi connectivity index (χ0) is 19.6. The second kappa shape index (κ2) is 7.93. The molecule has 7 heteroatoms. The number of methoxy groups -OCH3 is 1. The van der Waals surface area contributed by atoms with Gasteiger partial charge in [-0.15, -0.1) is 5.10 Å². The minimum atomic E-state index is 0.319. The van der Waals surface area contributed by atoms with E-state index in [9.17, 15) is 0 Å². The molecule has 1 aromatic heterocycles. The number of tetrazole rings is 1. The fourth-order valence-electron chi connectivity index (χ4n) is 4.53. The number of aryl methyl sites for hydroxylation is 2. The van der Waals surface area contributed by atoms with Crippen molar-refractivity contribution in [2.75, 3.05) is 13.7 Å². The van der Waals surface area contributed by atoms with E-state index < -0.39 is 0 Å². The number of nitrogens with one attached hydrogen (secondary N) is 2. The Hall–Kier alpha value is -2.77. The summed E-state index contributed by atoms with van der Waals surface area (Å²) in [6.45, 7) is 1.80. The number of hydrogen-bond acceptors (Lipinski definition) is 6. The lowest BCUT2D eigenvalue weighted by atomic mass is 9.92. The number of fused-ring (bicyclic) bond motifs is 3. The van der Waals surface area contributed by atoms with Crippen LogP contribution in [0.15, 0.2) is 42.5 Å². The molecular weight excluding hydrogens is 364 g/mol. The van der Waals surface area contributed by atoms with Crippen LogP contribution in [-0.2, 0) is 19.4 Å². The van der Waals surface area contributed by atoms with Crippen LogP contribution in [0.2, 0.25) is 0 Å². The molecule has 0 aliphatic carbocycles. The lowest BCUT2D eigenvalue weighted by Gasteiger charge is -2.34. The van der Waals surface area contributed by atoms with Gasteiger partial charge in [0.1, 0.15) is 5.75 Å². The van der Waals surface area contributed by atoms with Gasteiger partial charge in [0.15, 0.2) is 5.82 Å². The summed E-state index contributed by atoms with van der Waals surface area (Å²) in [4.78, 5) is 0. The standard InChI is InChI=1S/C22H26N6O/c1-29-20-13-16-9-10-21-25-26-27-28(21)19(16)12-17(20)14-24-18-8-5-11-23-22(18)15-6-3-2-4-7-15/h2-4,6-7,12-13,18,22-24H,5,8-11,14H2,1H3. The maximum absolute atomic E-state index is 5.72. The molecule has 2 atom stereocenters. The predicted molar refractivity (Wildman–Crippen MR) is 110 cm³/mol. The van der Waals surface area contributed by atoms with Crippen molar-refractivity contribution in [2.45, 2.75) is 44.3 Å². The van der Waals surface area contributed by atoms with E-state index >= 15 is 0 Å². The minimum absolute atomic E-state index is 0.319. The van der Waals surface area contributed by atoms with Gasteiger partial charge in [-0.05, 0) is 59.5 Å². The number of benzene rings is 2. The van der Waals surface area contributed by atoms with E-state index in [4.69, 9.17) is 4.74 Å². The smallest absolute Gasteiger partial charge is 0.157 e. The second-order valence-electron chi connectivity index (χ2n) is 7.77. The normalized spacial score (nSPS) is 20.7. The van der Waals surface area contributed by atoms with Gasteiger partial charge < -0.3 is 15.4 Å². The summed E-state index contributed by atoms with van der Waals surface area (Å²) in [6, 6.07) is 15.7. The molecule has 0 saturated carbocycles. The molecule has 150 valence electrons. The van der Waals surface area contributed by atoms with Crippen LogP contribution in [0.3, 0.4) is 0 Å². The third-order valence-corrected chi connectivity index (χ3v) is 6.03. The van der Waals surface area contributed by atoms with Crippen LogP contribution in [0.5, 0.6) is 5.75 Å². The fraction of sp³-hybridized carbons (Fsp3) is 0.409. The van der Waals surface area contributed by atoms with Gasteiger partial charge in [0.05, 0.1) is 12.8 Å². The van der Waals surface area contributed by atoms with Crippen LogP contribution in [0.4, 0.5) is 0 Å². The quantitative estimate of drug-likeness (QED) is 0.696. The molecule has 1 saturated heterocycles. The first kappa shape index (κ1) is 18.3. The molecule has 2 aromatic carbocycles. The first-order chi connectivity index (χ1) is 14.3. The molecule has 3 heterocycles. The molecule has 2 aliphatic rings. The number of hydrogen-bond donors (Lipinski definition) is 2. The van der Waals surface area contributed by atoms with Crippen molar-refractivity contribution in [2.24, 2.45) is 0 Å². The average Bonchev–Trinajstić information content (AvgIpc) is 3.27. The van der Waals surface area contributed by atoms with E-state index in [1.807, 2.05) is 4.68 Å². The summed E-state index contributed by atoms with van der Waals surface area (Å²) in [5, 5.41) is 19.6. The summed E-state index contributed by atoms with van der Waals surface area (Å²) >= 11 is 0. The molecule has 1 fully saturated rings. The number of piperidine rings is 1. The van der Waals surface area contributed by atoms with Crippen molar-refractivity contribution in [3.63, 3.8) is 0 Å². The Morgan fingerprint density at radius 2 is 2.10 bits per heavy atom. The van der Waals surface area contributed by atoms with Crippen molar-refractivity contribution in [3.05, 3.63) is 65.0 Å². The molecule has 3 aromatic rings. The molecule has 2 unspecified atom stereocenters. The molecule has 5 rings (SSSR count). The Morgan fingerprint density at radius 3 is 2.97 bits per heavy atom. The van der Waals surface area contributed by atoms with Crippen LogP contribution >= 0.6 is 0 Å². The van der Waals surface area contributed by atoms with Gasteiger partial charge in [0.25, 0.3) is 0 Å². The Kier molecular flexibility index (Phi) is 4.99. The highest BCUT2D eigenvalue weighted by atomic mass is 16.5. The molecule has 7 nitrogen and oxygen atoms in total. The van der Waals surface area contributed by atoms with E-state index in [0.717, 1.165) is 55.2 Å². The van der Waals surface area contributed by atoms with E-state index in [1.165, 1.54) is 17.5 Å². The zero-order valence-electron chi connectivity index (χ0n) is 16.6. The molecule has 0 spiro atoms. The first-order valence-corrected chi connectivity index (χ1v) is 10.3. The molecule has 0 bridgehead atoms. The third-order valence-electron chi connectivity index (χ3n) is 6.03. The van der Waals surface area contributed by atoms with Gasteiger partial charge in [-0.25, -0.2) is 0 Å². The lowest BCUT2D eigenvalue weighted by Crippen LogP contribution is -2.45. The lowest BCUT2D eigenvalue weighted by molar-refractivity contribution is 0.303. The topological polar surface area (TPSA) is 76.9 Å². The van der Waals surface area contributed by atoms with Crippen molar-refractivity contribution < 1.29 is 4.74 Å². The van der Waals surface area contributed by atoms with E-state index in [1.54, 1.807) is 7.11 Å². The molecule has 0 amide bonds. The van der Waals surface area contributed by atoms with Crippen molar-refractivity contribution >= 4 is 0 Å². The van der Waals surface area contributed by atoms with E-state index in [-0.39, 0.29) is 0 Å². The highest BCUT2D eigenvalue weighted by Gasteiger charge is 2.26. The first-order valence-electron chi connectivity index (χ1n) is 10.3. The van der Waals surface area contributed by atoms with Crippen LogP contribution in [0, 0.1) is 0 Å². The number of nitrogens with zero attached hydrogens (tertiary/aromatic N) is 4. The maximum Gasteiger partial charge on any atom is 0.157 e. The van der Waals surface area contributed by atoms with Gasteiger partial charge >= 0.3 is 0 Å². The predicted octanol–water partition coefficient (Wildman–Crippen LogP) is 2.35. The molecular formula is C22H26N6O. The third kappa shape index (κ3) is 3.52. The summed E-state index contributed by atoms with van der Waals surface area (Å²) in [5.74, 6) is 1.84. The maximum atomic E-state index is 5.72. The van der Waals surface area contributed by atoms with Gasteiger partial charge in [-0.1, -0.05) is 30.3 Å². The fourth-order valence-corrected chi connectivity index (χ4v) is 4.53. The van der Waals surface area contributed by atoms with Crippen molar-refractivity contribution in [3.8, 4) is 11.4 Å². The Bertz CT molecular complexity index is 986. The van der Waals surface area contributed by atoms with E-state index in [0.29, 0.717) is 12.1 Å². The van der Waals surface area contributed by atoms with Crippen molar-refractivity contribution in [1.82, 2.24) is 30.8 Å². The molecule has 2 aliphatic heterocycles. The summed E-state index contributed by atoms with van der Waals surface area (Å²) in [7, 11) is 1.74. The van der Waals surface area contributed by atoms with Crippen molar-refractivity contribution in [1.29, 1.82) is 0 Å². The summed E-state index contributed by atoms with van der Waals surface area (Å²) in [5.41, 5.74) is 4.76. The van der Waals surface area contributed by atoms with Crippen LogP contribution in [0.1, 0.15) is 41.4 Å². The van der Waals surface area contributed by atoms with Crippen LogP contribution in [-0.4, -0.2) is 39.9 Å². The highest BCUT2D eigenvalue weighted by Crippen LogP contribution is 2.31. The molecule has 0 radical (unpaired) electrons. The van der Waals surface area contributed by atoms with Gasteiger partial charge in [0.2, 0.25) is 0 Å². The summed E-state index contributed by atoms with van der Waals surface area (Å²) < 4.78 is 7.57. The average molecular weight is 390 g/mol. The van der Waals surface area contributed by atoms with Crippen LogP contribution < -0.4 is 15.4 Å². The largest absolute Gasteiger partial charge is 0.496 e. The number of rotatable bonds is 5. The molecule has 2 N–H and O–H groups in total. The number of aromatic nitrogens is 4. The van der Waals surface area contributed by atoms with Gasteiger partial charge in [0, 0.05) is 30.6 Å². The van der Waals surface area contributed by atoms with E-state index in [2.05, 4.69) is 68.6 Å². The number of ether oxygens (including phenoxy) is 1. The second-order valence-corrected chi connectivity index (χ2v) is 7.77.